The van der Waals surface area contributed by atoms with Crippen molar-refractivity contribution in [2.75, 3.05) is 19.5 Å². The molecular weight excluding hydrogens is 290 g/mol. The normalized spacial score (nSPS) is 12.5. The minimum absolute atomic E-state index is 0.160. The molecule has 0 amide bonds. The second-order valence-corrected chi connectivity index (χ2v) is 6.92. The number of nitrogens with zero attached hydrogens (tertiary/aromatic N) is 1. The van der Waals surface area contributed by atoms with Gasteiger partial charge in [-0.25, -0.2) is 8.42 Å². The van der Waals surface area contributed by atoms with E-state index in [9.17, 15) is 8.42 Å². The zero-order chi connectivity index (χ0) is 14.5. The second kappa shape index (κ2) is 6.64. The molecule has 0 aliphatic carbocycles. The van der Waals surface area contributed by atoms with Crippen molar-refractivity contribution in [1.29, 1.82) is 5.26 Å². The molecule has 0 saturated heterocycles. The number of hydrogen-bond donors (Lipinski definition) is 0. The van der Waals surface area contributed by atoms with E-state index in [1.807, 2.05) is 6.07 Å². The smallest absolute Gasteiger partial charge is 0.232 e. The molecule has 0 aromatic heterocycles. The molecule has 0 aliphatic heterocycles. The topological polar surface area (TPSA) is 76.4 Å². The summed E-state index contributed by atoms with van der Waals surface area (Å²) >= 11 is 0. The third-order valence-electron chi connectivity index (χ3n) is 2.30. The lowest BCUT2D eigenvalue weighted by Crippen LogP contribution is -2.16. The van der Waals surface area contributed by atoms with E-state index in [4.69, 9.17) is 25.4 Å². The monoisotopic (exact) mass is 303 g/mol. The van der Waals surface area contributed by atoms with Gasteiger partial charge < -0.3 is 9.47 Å². The number of ether oxygens (including phenoxy) is 2. The van der Waals surface area contributed by atoms with Crippen molar-refractivity contribution in [3.63, 3.8) is 0 Å². The fourth-order valence-corrected chi connectivity index (χ4v) is 2.90. The molecule has 7 heteroatoms. The largest absolute Gasteiger partial charge is 0.493 e. The molecule has 104 valence electrons. The summed E-state index contributed by atoms with van der Waals surface area (Å²) in [7, 11) is 3.10. The first-order valence-electron chi connectivity index (χ1n) is 5.49. The number of benzene rings is 1. The van der Waals surface area contributed by atoms with E-state index in [2.05, 4.69) is 0 Å². The zero-order valence-electron chi connectivity index (χ0n) is 10.6. The van der Waals surface area contributed by atoms with Gasteiger partial charge in [-0.15, -0.1) is 0 Å². The van der Waals surface area contributed by atoms with Gasteiger partial charge >= 0.3 is 0 Å². The van der Waals surface area contributed by atoms with Gasteiger partial charge in [0.05, 0.1) is 31.1 Å². The maximum absolute atomic E-state index is 10.9. The molecule has 19 heavy (non-hydrogen) atoms. The Morgan fingerprint density at radius 2 is 2.11 bits per heavy atom. The van der Waals surface area contributed by atoms with Gasteiger partial charge in [0.2, 0.25) is 9.05 Å². The molecule has 1 rings (SSSR count). The first-order valence-corrected chi connectivity index (χ1v) is 7.97. The van der Waals surface area contributed by atoms with Crippen molar-refractivity contribution in [3.8, 4) is 17.6 Å². The average Bonchev–Trinajstić information content (AvgIpc) is 2.34. The van der Waals surface area contributed by atoms with Crippen LogP contribution in [-0.2, 0) is 9.05 Å². The third kappa shape index (κ3) is 5.37. The Labute approximate surface area is 117 Å². The van der Waals surface area contributed by atoms with E-state index >= 15 is 0 Å². The minimum Gasteiger partial charge on any atom is -0.493 e. The summed E-state index contributed by atoms with van der Waals surface area (Å²) in [6.07, 6.45) is 0. The van der Waals surface area contributed by atoms with Crippen molar-refractivity contribution in [2.45, 2.75) is 6.92 Å². The van der Waals surface area contributed by atoms with Crippen LogP contribution in [0.3, 0.4) is 0 Å². The maximum atomic E-state index is 10.9. The van der Waals surface area contributed by atoms with Gasteiger partial charge in [-0.2, -0.15) is 5.26 Å². The van der Waals surface area contributed by atoms with Crippen molar-refractivity contribution in [3.05, 3.63) is 23.8 Å². The highest BCUT2D eigenvalue weighted by Crippen LogP contribution is 2.28. The van der Waals surface area contributed by atoms with Gasteiger partial charge in [-0.05, 0) is 12.1 Å². The summed E-state index contributed by atoms with van der Waals surface area (Å²) in [4.78, 5) is 0. The number of rotatable bonds is 6. The molecule has 0 N–H and O–H groups in total. The molecule has 5 nitrogen and oxygen atoms in total. The summed E-state index contributed by atoms with van der Waals surface area (Å²) < 4.78 is 32.4. The van der Waals surface area contributed by atoms with E-state index in [0.717, 1.165) is 0 Å². The number of halogens is 1. The van der Waals surface area contributed by atoms with Gasteiger partial charge in [-0.1, -0.05) is 6.92 Å². The highest BCUT2D eigenvalue weighted by molar-refractivity contribution is 8.13. The molecule has 1 unspecified atom stereocenters. The van der Waals surface area contributed by atoms with Crippen LogP contribution in [0.1, 0.15) is 12.5 Å². The standard InChI is InChI=1S/C12H14ClNO4S/c1-9(8-19(13,15)16)7-18-11-4-3-10(6-14)5-12(11)17-2/h3-5,9H,7-8H2,1-2H3. The van der Waals surface area contributed by atoms with Gasteiger partial charge in [0.15, 0.2) is 11.5 Å². The van der Waals surface area contributed by atoms with Gasteiger partial charge in [0.1, 0.15) is 0 Å². The summed E-state index contributed by atoms with van der Waals surface area (Å²) in [5, 5.41) is 8.77. The van der Waals surface area contributed by atoms with E-state index in [0.29, 0.717) is 17.1 Å². The lowest BCUT2D eigenvalue weighted by Gasteiger charge is -2.14. The maximum Gasteiger partial charge on any atom is 0.232 e. The molecule has 0 aliphatic rings. The summed E-state index contributed by atoms with van der Waals surface area (Å²) in [5.41, 5.74) is 0.459. The van der Waals surface area contributed by atoms with Crippen molar-refractivity contribution < 1.29 is 17.9 Å². The molecule has 0 radical (unpaired) electrons. The lowest BCUT2D eigenvalue weighted by atomic mass is 10.2. The Morgan fingerprint density at radius 3 is 2.63 bits per heavy atom. The predicted molar refractivity (Wildman–Crippen MR) is 72.0 cm³/mol. The van der Waals surface area contributed by atoms with Crippen LogP contribution in [0.25, 0.3) is 0 Å². The predicted octanol–water partition coefficient (Wildman–Crippen LogP) is 2.15. The first-order chi connectivity index (χ1) is 8.85. The van der Waals surface area contributed by atoms with Crippen molar-refractivity contribution in [1.82, 2.24) is 0 Å². The van der Waals surface area contributed by atoms with E-state index < -0.39 is 9.05 Å². The molecule has 1 atom stereocenters. The second-order valence-electron chi connectivity index (χ2n) is 4.10. The molecule has 0 fully saturated rings. The van der Waals surface area contributed by atoms with Gasteiger partial charge in [-0.3, -0.25) is 0 Å². The molecule has 0 saturated carbocycles. The van der Waals surface area contributed by atoms with Gasteiger partial charge in [0, 0.05) is 22.7 Å². The zero-order valence-corrected chi connectivity index (χ0v) is 12.2. The van der Waals surface area contributed by atoms with Crippen LogP contribution < -0.4 is 9.47 Å². The van der Waals surface area contributed by atoms with Crippen LogP contribution >= 0.6 is 10.7 Å². The van der Waals surface area contributed by atoms with E-state index in [1.165, 1.54) is 7.11 Å². The quantitative estimate of drug-likeness (QED) is 0.753. The summed E-state index contributed by atoms with van der Waals surface area (Å²) in [5.74, 6) is 0.482. The molecule has 0 bridgehead atoms. The van der Waals surface area contributed by atoms with E-state index in [-0.39, 0.29) is 18.3 Å². The van der Waals surface area contributed by atoms with Crippen LogP contribution in [0, 0.1) is 17.2 Å². The lowest BCUT2D eigenvalue weighted by molar-refractivity contribution is 0.258. The molecule has 1 aromatic rings. The summed E-state index contributed by atoms with van der Waals surface area (Å²) in [6.45, 7) is 1.91. The molecule has 1 aromatic carbocycles. The Balaban J connectivity index is 2.70. The molecule has 0 heterocycles. The fraction of sp³-hybridized carbons (Fsp3) is 0.417. The van der Waals surface area contributed by atoms with Crippen LogP contribution in [0.2, 0.25) is 0 Å². The minimum atomic E-state index is -3.54. The summed E-state index contributed by atoms with van der Waals surface area (Å²) in [6, 6.07) is 6.75. The third-order valence-corrected chi connectivity index (χ3v) is 3.64. The fourth-order valence-electron chi connectivity index (χ4n) is 1.48. The van der Waals surface area contributed by atoms with Crippen LogP contribution in [0.5, 0.6) is 11.5 Å². The Hall–Kier alpha value is -1.45. The highest BCUT2D eigenvalue weighted by atomic mass is 35.7. The number of nitriles is 1. The number of methoxy groups -OCH3 is 1. The highest BCUT2D eigenvalue weighted by Gasteiger charge is 2.14. The SMILES string of the molecule is COc1cc(C#N)ccc1OCC(C)CS(=O)(=O)Cl. The molecule has 0 spiro atoms. The average molecular weight is 304 g/mol. The first kappa shape index (κ1) is 15.6. The van der Waals surface area contributed by atoms with Crippen LogP contribution in [0.4, 0.5) is 0 Å². The Bertz CT molecular complexity index is 580. The van der Waals surface area contributed by atoms with Crippen LogP contribution in [0.15, 0.2) is 18.2 Å². The van der Waals surface area contributed by atoms with E-state index in [1.54, 1.807) is 25.1 Å². The van der Waals surface area contributed by atoms with Crippen molar-refractivity contribution >= 4 is 19.7 Å². The Kier molecular flexibility index (Phi) is 5.45. The Morgan fingerprint density at radius 1 is 1.42 bits per heavy atom. The number of hydrogen-bond acceptors (Lipinski definition) is 5. The van der Waals surface area contributed by atoms with Crippen molar-refractivity contribution in [2.24, 2.45) is 5.92 Å². The van der Waals surface area contributed by atoms with Crippen LogP contribution in [-0.4, -0.2) is 27.9 Å². The van der Waals surface area contributed by atoms with Gasteiger partial charge in [0.25, 0.3) is 0 Å². The molecular formula is C12H14ClNO4S.